The number of carbonyl (C=O) groups is 1. The van der Waals surface area contributed by atoms with E-state index in [4.69, 9.17) is 5.73 Å². The van der Waals surface area contributed by atoms with E-state index in [1.807, 2.05) is 0 Å². The summed E-state index contributed by atoms with van der Waals surface area (Å²) in [6.45, 7) is 9.39. The van der Waals surface area contributed by atoms with E-state index in [1.54, 1.807) is 0 Å². The second kappa shape index (κ2) is 5.85. The molecular formula is C14H28N2O. The highest BCUT2D eigenvalue weighted by molar-refractivity contribution is 5.76. The Hall–Kier alpha value is -0.570. The SMILES string of the molecule is CC(CC(=O)NC1CCCC1CN)C(C)(C)C. The predicted octanol–water partition coefficient (Wildman–Crippen LogP) is 2.30. The zero-order chi connectivity index (χ0) is 13.1. The zero-order valence-electron chi connectivity index (χ0n) is 11.8. The summed E-state index contributed by atoms with van der Waals surface area (Å²) in [4.78, 5) is 12.0. The molecule has 1 rings (SSSR count). The van der Waals surface area contributed by atoms with E-state index in [9.17, 15) is 4.79 Å². The monoisotopic (exact) mass is 240 g/mol. The van der Waals surface area contributed by atoms with E-state index < -0.39 is 0 Å². The van der Waals surface area contributed by atoms with Crippen LogP contribution in [0.3, 0.4) is 0 Å². The molecule has 1 aliphatic carbocycles. The Labute approximate surface area is 106 Å². The fourth-order valence-corrected chi connectivity index (χ4v) is 2.36. The Bertz CT molecular complexity index is 257. The van der Waals surface area contributed by atoms with Gasteiger partial charge in [0.15, 0.2) is 0 Å². The molecule has 3 heteroatoms. The Balaban J connectivity index is 2.39. The van der Waals surface area contributed by atoms with Crippen molar-refractivity contribution in [3.63, 3.8) is 0 Å². The topological polar surface area (TPSA) is 55.1 Å². The largest absolute Gasteiger partial charge is 0.353 e. The Morgan fingerprint density at radius 3 is 2.59 bits per heavy atom. The lowest BCUT2D eigenvalue weighted by Gasteiger charge is -2.28. The van der Waals surface area contributed by atoms with Gasteiger partial charge in [-0.05, 0) is 36.6 Å². The lowest BCUT2D eigenvalue weighted by Crippen LogP contribution is -2.41. The third-order valence-electron chi connectivity index (χ3n) is 4.28. The number of nitrogens with one attached hydrogen (secondary N) is 1. The maximum absolute atomic E-state index is 12.0. The van der Waals surface area contributed by atoms with Crippen LogP contribution in [0.1, 0.15) is 53.4 Å². The molecule has 0 spiro atoms. The van der Waals surface area contributed by atoms with Gasteiger partial charge in [-0.3, -0.25) is 4.79 Å². The van der Waals surface area contributed by atoms with E-state index in [-0.39, 0.29) is 11.3 Å². The second-order valence-corrected chi connectivity index (χ2v) is 6.57. The first-order chi connectivity index (χ1) is 7.84. The molecule has 3 unspecified atom stereocenters. The third kappa shape index (κ3) is 4.30. The highest BCUT2D eigenvalue weighted by Crippen LogP contribution is 2.29. The van der Waals surface area contributed by atoms with Crippen molar-refractivity contribution < 1.29 is 4.79 Å². The summed E-state index contributed by atoms with van der Waals surface area (Å²) in [7, 11) is 0. The number of amides is 1. The van der Waals surface area contributed by atoms with E-state index in [0.29, 0.717) is 30.8 Å². The molecule has 0 radical (unpaired) electrons. The van der Waals surface area contributed by atoms with Gasteiger partial charge in [0.05, 0.1) is 0 Å². The van der Waals surface area contributed by atoms with E-state index in [1.165, 1.54) is 6.42 Å². The van der Waals surface area contributed by atoms with Crippen LogP contribution in [0.5, 0.6) is 0 Å². The van der Waals surface area contributed by atoms with Gasteiger partial charge in [0.2, 0.25) is 5.91 Å². The maximum Gasteiger partial charge on any atom is 0.220 e. The number of carbonyl (C=O) groups excluding carboxylic acids is 1. The minimum Gasteiger partial charge on any atom is -0.353 e. The van der Waals surface area contributed by atoms with Crippen molar-refractivity contribution in [2.75, 3.05) is 6.54 Å². The number of hydrogen-bond acceptors (Lipinski definition) is 2. The van der Waals surface area contributed by atoms with Gasteiger partial charge < -0.3 is 11.1 Å². The second-order valence-electron chi connectivity index (χ2n) is 6.57. The van der Waals surface area contributed by atoms with Gasteiger partial charge in [-0.2, -0.15) is 0 Å². The molecule has 17 heavy (non-hydrogen) atoms. The van der Waals surface area contributed by atoms with Crippen LogP contribution in [0, 0.1) is 17.3 Å². The van der Waals surface area contributed by atoms with Crippen LogP contribution in [-0.2, 0) is 4.79 Å². The minimum absolute atomic E-state index is 0.192. The average molecular weight is 240 g/mol. The molecule has 0 aromatic rings. The summed E-state index contributed by atoms with van der Waals surface area (Å²) in [6.07, 6.45) is 4.08. The summed E-state index contributed by atoms with van der Waals surface area (Å²) in [5.74, 6) is 1.09. The van der Waals surface area contributed by atoms with Gasteiger partial charge >= 0.3 is 0 Å². The van der Waals surface area contributed by atoms with Crippen molar-refractivity contribution in [1.82, 2.24) is 5.32 Å². The molecule has 1 aliphatic rings. The number of rotatable bonds is 4. The molecule has 3 atom stereocenters. The van der Waals surface area contributed by atoms with E-state index >= 15 is 0 Å². The smallest absolute Gasteiger partial charge is 0.220 e. The first-order valence-electron chi connectivity index (χ1n) is 6.84. The number of nitrogens with two attached hydrogens (primary N) is 1. The molecule has 1 amide bonds. The van der Waals surface area contributed by atoms with Gasteiger partial charge in [0, 0.05) is 12.5 Å². The number of hydrogen-bond donors (Lipinski definition) is 2. The standard InChI is InChI=1S/C14H28N2O/c1-10(14(2,3)4)8-13(17)16-12-7-5-6-11(12)9-15/h10-12H,5-9,15H2,1-4H3,(H,16,17). The van der Waals surface area contributed by atoms with Crippen molar-refractivity contribution in [3.05, 3.63) is 0 Å². The normalized spacial score (nSPS) is 26.9. The predicted molar refractivity (Wildman–Crippen MR) is 71.6 cm³/mol. The third-order valence-corrected chi connectivity index (χ3v) is 4.28. The van der Waals surface area contributed by atoms with Gasteiger partial charge in [0.25, 0.3) is 0 Å². The first-order valence-corrected chi connectivity index (χ1v) is 6.84. The minimum atomic E-state index is 0.192. The molecule has 100 valence electrons. The van der Waals surface area contributed by atoms with Crippen molar-refractivity contribution in [3.8, 4) is 0 Å². The highest BCUT2D eigenvalue weighted by atomic mass is 16.1. The summed E-state index contributed by atoms with van der Waals surface area (Å²) in [6, 6.07) is 0.319. The van der Waals surface area contributed by atoms with Crippen molar-refractivity contribution in [1.29, 1.82) is 0 Å². The van der Waals surface area contributed by atoms with Crippen molar-refractivity contribution in [2.45, 2.75) is 59.4 Å². The van der Waals surface area contributed by atoms with E-state index in [0.717, 1.165) is 12.8 Å². The maximum atomic E-state index is 12.0. The average Bonchev–Trinajstić information content (AvgIpc) is 2.63. The fourth-order valence-electron chi connectivity index (χ4n) is 2.36. The zero-order valence-corrected chi connectivity index (χ0v) is 11.8. The van der Waals surface area contributed by atoms with Crippen molar-refractivity contribution >= 4 is 5.91 Å². The lowest BCUT2D eigenvalue weighted by molar-refractivity contribution is -0.123. The van der Waals surface area contributed by atoms with Gasteiger partial charge in [-0.1, -0.05) is 34.1 Å². The summed E-state index contributed by atoms with van der Waals surface area (Å²) in [5, 5.41) is 3.16. The summed E-state index contributed by atoms with van der Waals surface area (Å²) >= 11 is 0. The van der Waals surface area contributed by atoms with E-state index in [2.05, 4.69) is 33.0 Å². The van der Waals surface area contributed by atoms with Crippen LogP contribution >= 0.6 is 0 Å². The van der Waals surface area contributed by atoms with Crippen LogP contribution in [0.2, 0.25) is 0 Å². The molecule has 1 fully saturated rings. The fraction of sp³-hybridized carbons (Fsp3) is 0.929. The molecule has 3 nitrogen and oxygen atoms in total. The molecule has 0 bridgehead atoms. The summed E-state index contributed by atoms with van der Waals surface area (Å²) in [5.41, 5.74) is 5.91. The van der Waals surface area contributed by atoms with Crippen molar-refractivity contribution in [2.24, 2.45) is 23.0 Å². The highest BCUT2D eigenvalue weighted by Gasteiger charge is 2.29. The summed E-state index contributed by atoms with van der Waals surface area (Å²) < 4.78 is 0. The molecule has 0 aromatic heterocycles. The molecule has 0 saturated heterocycles. The van der Waals surface area contributed by atoms with Crippen LogP contribution in [0.4, 0.5) is 0 Å². The Morgan fingerprint density at radius 1 is 1.41 bits per heavy atom. The van der Waals surface area contributed by atoms with Crippen LogP contribution in [0.25, 0.3) is 0 Å². The van der Waals surface area contributed by atoms with Gasteiger partial charge in [-0.15, -0.1) is 0 Å². The Kier molecular flexibility index (Phi) is 4.99. The quantitative estimate of drug-likeness (QED) is 0.792. The van der Waals surface area contributed by atoms with Gasteiger partial charge in [0.1, 0.15) is 0 Å². The van der Waals surface area contributed by atoms with Crippen LogP contribution in [0.15, 0.2) is 0 Å². The molecule has 1 saturated carbocycles. The Morgan fingerprint density at radius 2 is 2.06 bits per heavy atom. The molecule has 3 N–H and O–H groups in total. The van der Waals surface area contributed by atoms with Crippen LogP contribution < -0.4 is 11.1 Å². The molecule has 0 aromatic carbocycles. The van der Waals surface area contributed by atoms with Crippen LogP contribution in [-0.4, -0.2) is 18.5 Å². The van der Waals surface area contributed by atoms with Gasteiger partial charge in [-0.25, -0.2) is 0 Å². The molecular weight excluding hydrogens is 212 g/mol. The lowest BCUT2D eigenvalue weighted by atomic mass is 9.80. The first kappa shape index (κ1) is 14.5. The molecule has 0 heterocycles. The molecule has 0 aliphatic heterocycles.